The highest BCUT2D eigenvalue weighted by Crippen LogP contribution is 2.27. The molecule has 0 aliphatic carbocycles. The Balaban J connectivity index is 1.47. The van der Waals surface area contributed by atoms with Gasteiger partial charge in [-0.3, -0.25) is 4.98 Å². The lowest BCUT2D eigenvalue weighted by Gasteiger charge is -2.07. The van der Waals surface area contributed by atoms with Crippen LogP contribution in [0.25, 0.3) is 11.4 Å². The molecule has 4 aromatic rings. The number of nitrogens with zero attached hydrogens (tertiary/aromatic N) is 2. The minimum atomic E-state index is -0.622. The van der Waals surface area contributed by atoms with Gasteiger partial charge in [0.15, 0.2) is 5.13 Å². The molecule has 0 atom stereocenters. The fourth-order valence-corrected chi connectivity index (χ4v) is 3.23. The zero-order valence-corrected chi connectivity index (χ0v) is 15.3. The molecule has 28 heavy (non-hydrogen) atoms. The van der Waals surface area contributed by atoms with Crippen LogP contribution in [0, 0.1) is 5.82 Å². The van der Waals surface area contributed by atoms with E-state index in [-0.39, 0.29) is 5.56 Å². The Hall–Kier alpha value is -3.58. The summed E-state index contributed by atoms with van der Waals surface area (Å²) in [6.45, 7) is 0. The molecule has 1 N–H and O–H groups in total. The highest BCUT2D eigenvalue weighted by molar-refractivity contribution is 7.14. The van der Waals surface area contributed by atoms with Gasteiger partial charge >= 0.3 is 5.97 Å². The second-order valence-corrected chi connectivity index (χ2v) is 6.66. The lowest BCUT2D eigenvalue weighted by molar-refractivity contribution is 0.0734. The molecule has 0 aliphatic rings. The molecule has 0 unspecified atom stereocenters. The van der Waals surface area contributed by atoms with Crippen LogP contribution in [0.15, 0.2) is 78.3 Å². The van der Waals surface area contributed by atoms with Gasteiger partial charge in [0.25, 0.3) is 0 Å². The maximum Gasteiger partial charge on any atom is 0.343 e. The van der Waals surface area contributed by atoms with Crippen molar-refractivity contribution >= 4 is 28.1 Å². The minimum Gasteiger partial charge on any atom is -0.423 e. The van der Waals surface area contributed by atoms with Crippen molar-refractivity contribution < 1.29 is 13.9 Å². The van der Waals surface area contributed by atoms with Gasteiger partial charge in [-0.2, -0.15) is 0 Å². The van der Waals surface area contributed by atoms with Crippen molar-refractivity contribution in [1.29, 1.82) is 0 Å². The lowest BCUT2D eigenvalue weighted by atomic mass is 10.2. The minimum absolute atomic E-state index is 0.151. The molecule has 0 radical (unpaired) electrons. The highest BCUT2D eigenvalue weighted by Gasteiger charge is 2.10. The SMILES string of the molecule is O=C(Oc1cccc(Nc2nc(-c3ccccn3)cs2)c1)c1cccc(F)c1. The summed E-state index contributed by atoms with van der Waals surface area (Å²) >= 11 is 1.45. The van der Waals surface area contributed by atoms with E-state index in [4.69, 9.17) is 4.74 Å². The number of hydrogen-bond donors (Lipinski definition) is 1. The van der Waals surface area contributed by atoms with Gasteiger partial charge in [0.1, 0.15) is 17.3 Å². The first-order valence-corrected chi connectivity index (χ1v) is 9.27. The molecule has 2 aromatic carbocycles. The average Bonchev–Trinajstić information content (AvgIpc) is 3.17. The van der Waals surface area contributed by atoms with Gasteiger partial charge in [-0.1, -0.05) is 18.2 Å². The molecule has 2 heterocycles. The van der Waals surface area contributed by atoms with Crippen molar-refractivity contribution in [3.05, 3.63) is 89.7 Å². The molecule has 0 saturated heterocycles. The van der Waals surface area contributed by atoms with Gasteiger partial charge in [0.05, 0.1) is 11.3 Å². The van der Waals surface area contributed by atoms with Crippen LogP contribution in [0.3, 0.4) is 0 Å². The third-order valence-corrected chi connectivity index (χ3v) is 4.55. The van der Waals surface area contributed by atoms with E-state index in [1.807, 2.05) is 29.6 Å². The van der Waals surface area contributed by atoms with Gasteiger partial charge in [-0.15, -0.1) is 11.3 Å². The number of pyridine rings is 1. The number of rotatable bonds is 5. The molecule has 0 amide bonds. The van der Waals surface area contributed by atoms with Crippen molar-refractivity contribution in [1.82, 2.24) is 9.97 Å². The number of benzene rings is 2. The standard InChI is InChI=1S/C21H14FN3O2S/c22-15-6-3-5-14(11-15)20(26)27-17-8-4-7-16(12-17)24-21-25-19(13-28-21)18-9-1-2-10-23-18/h1-13H,(H,24,25). The van der Waals surface area contributed by atoms with E-state index in [1.54, 1.807) is 24.4 Å². The Kier molecular flexibility index (Phi) is 5.07. The number of thiazole rings is 1. The van der Waals surface area contributed by atoms with Gasteiger partial charge in [-0.05, 0) is 42.5 Å². The molecule has 4 rings (SSSR count). The fourth-order valence-electron chi connectivity index (χ4n) is 2.51. The van der Waals surface area contributed by atoms with E-state index < -0.39 is 11.8 Å². The monoisotopic (exact) mass is 391 g/mol. The summed E-state index contributed by atoms with van der Waals surface area (Å²) in [6.07, 6.45) is 1.72. The van der Waals surface area contributed by atoms with Crippen LogP contribution >= 0.6 is 11.3 Å². The summed E-state index contributed by atoms with van der Waals surface area (Å²) in [6, 6.07) is 18.0. The first-order valence-electron chi connectivity index (χ1n) is 8.39. The zero-order chi connectivity index (χ0) is 19.3. The first-order chi connectivity index (χ1) is 13.7. The number of anilines is 2. The molecule has 0 spiro atoms. The summed E-state index contributed by atoms with van der Waals surface area (Å²) in [4.78, 5) is 21.0. The van der Waals surface area contributed by atoms with Crippen molar-refractivity contribution in [2.45, 2.75) is 0 Å². The normalized spacial score (nSPS) is 10.5. The van der Waals surface area contributed by atoms with E-state index in [2.05, 4.69) is 15.3 Å². The topological polar surface area (TPSA) is 64.1 Å². The number of nitrogens with one attached hydrogen (secondary N) is 1. The molecule has 0 aliphatic heterocycles. The van der Waals surface area contributed by atoms with Gasteiger partial charge < -0.3 is 10.1 Å². The summed E-state index contributed by atoms with van der Waals surface area (Å²) in [5.74, 6) is -0.763. The predicted molar refractivity (Wildman–Crippen MR) is 106 cm³/mol. The Bertz CT molecular complexity index is 1120. The molecule has 0 bridgehead atoms. The van der Waals surface area contributed by atoms with Crippen LogP contribution in [0.5, 0.6) is 5.75 Å². The second-order valence-electron chi connectivity index (χ2n) is 5.81. The quantitative estimate of drug-likeness (QED) is 0.369. The van der Waals surface area contributed by atoms with Crippen LogP contribution < -0.4 is 10.1 Å². The fraction of sp³-hybridized carbons (Fsp3) is 0. The molecular formula is C21H14FN3O2S. The maximum absolute atomic E-state index is 13.3. The summed E-state index contributed by atoms with van der Waals surface area (Å²) in [5.41, 5.74) is 2.44. The van der Waals surface area contributed by atoms with Gasteiger partial charge in [-0.25, -0.2) is 14.2 Å². The zero-order valence-electron chi connectivity index (χ0n) is 14.5. The number of ether oxygens (including phenoxy) is 1. The number of hydrogen-bond acceptors (Lipinski definition) is 6. The molecule has 5 nitrogen and oxygen atoms in total. The Morgan fingerprint density at radius 3 is 2.71 bits per heavy atom. The second kappa shape index (κ2) is 7.98. The third-order valence-electron chi connectivity index (χ3n) is 3.79. The Labute approximate surface area is 164 Å². The Morgan fingerprint density at radius 2 is 1.89 bits per heavy atom. The van der Waals surface area contributed by atoms with Crippen LogP contribution in [0.2, 0.25) is 0 Å². The van der Waals surface area contributed by atoms with E-state index in [0.717, 1.165) is 17.5 Å². The van der Waals surface area contributed by atoms with Crippen molar-refractivity contribution in [2.24, 2.45) is 0 Å². The summed E-state index contributed by atoms with van der Waals surface area (Å²) in [7, 11) is 0. The van der Waals surface area contributed by atoms with Crippen molar-refractivity contribution in [3.8, 4) is 17.1 Å². The van der Waals surface area contributed by atoms with Crippen LogP contribution in [0.4, 0.5) is 15.2 Å². The average molecular weight is 391 g/mol. The largest absolute Gasteiger partial charge is 0.423 e. The van der Waals surface area contributed by atoms with E-state index >= 15 is 0 Å². The van der Waals surface area contributed by atoms with E-state index in [9.17, 15) is 9.18 Å². The van der Waals surface area contributed by atoms with Gasteiger partial charge in [0, 0.05) is 23.3 Å². The molecule has 2 aromatic heterocycles. The predicted octanol–water partition coefficient (Wildman–Crippen LogP) is 5.31. The lowest BCUT2D eigenvalue weighted by Crippen LogP contribution is -2.08. The number of carbonyl (C=O) groups excluding carboxylic acids is 1. The van der Waals surface area contributed by atoms with Crippen molar-refractivity contribution in [2.75, 3.05) is 5.32 Å². The maximum atomic E-state index is 13.3. The number of esters is 1. The molecular weight excluding hydrogens is 377 g/mol. The van der Waals surface area contributed by atoms with E-state index in [1.165, 1.54) is 29.5 Å². The third kappa shape index (κ3) is 4.21. The summed E-state index contributed by atoms with van der Waals surface area (Å²) in [5, 5.41) is 5.79. The van der Waals surface area contributed by atoms with E-state index in [0.29, 0.717) is 16.6 Å². The molecule has 138 valence electrons. The number of aromatic nitrogens is 2. The summed E-state index contributed by atoms with van der Waals surface area (Å²) < 4.78 is 18.6. The number of carbonyl (C=O) groups is 1. The Morgan fingerprint density at radius 1 is 1.00 bits per heavy atom. The molecule has 0 saturated carbocycles. The van der Waals surface area contributed by atoms with Crippen molar-refractivity contribution in [3.63, 3.8) is 0 Å². The van der Waals surface area contributed by atoms with Crippen LogP contribution in [-0.4, -0.2) is 15.9 Å². The smallest absolute Gasteiger partial charge is 0.343 e. The number of halogens is 1. The van der Waals surface area contributed by atoms with Crippen LogP contribution in [-0.2, 0) is 0 Å². The van der Waals surface area contributed by atoms with Crippen LogP contribution in [0.1, 0.15) is 10.4 Å². The molecule has 7 heteroatoms. The first kappa shape index (κ1) is 17.8. The van der Waals surface area contributed by atoms with Gasteiger partial charge in [0.2, 0.25) is 0 Å². The molecule has 0 fully saturated rings. The highest BCUT2D eigenvalue weighted by atomic mass is 32.1.